The first-order valence-corrected chi connectivity index (χ1v) is 5.91. The molecule has 2 aliphatic rings. The molecule has 1 heterocycles. The van der Waals surface area contributed by atoms with E-state index in [1.54, 1.807) is 0 Å². The number of nitrogens with two attached hydrogens (primary N) is 1. The molecule has 1 fully saturated rings. The quantitative estimate of drug-likeness (QED) is 0.761. The maximum Gasteiger partial charge on any atom is 0.121 e. The third-order valence-electron chi connectivity index (χ3n) is 3.87. The van der Waals surface area contributed by atoms with E-state index in [0.717, 1.165) is 36.8 Å². The largest absolute Gasteiger partial charge is 0.508 e. The minimum absolute atomic E-state index is 0.318. The molecule has 16 heavy (non-hydrogen) atoms. The molecule has 1 aromatic rings. The number of aromatic hydroxyl groups is 1. The van der Waals surface area contributed by atoms with Gasteiger partial charge in [0.05, 0.1) is 13.2 Å². The summed E-state index contributed by atoms with van der Waals surface area (Å²) in [5, 5.41) is 10.1. The molecule has 0 unspecified atom stereocenters. The second-order valence-corrected chi connectivity index (χ2v) is 4.99. The van der Waals surface area contributed by atoms with E-state index in [1.807, 2.05) is 12.1 Å². The summed E-state index contributed by atoms with van der Waals surface area (Å²) in [6.07, 6.45) is 4.26. The zero-order valence-corrected chi connectivity index (χ0v) is 9.33. The van der Waals surface area contributed by atoms with E-state index in [-0.39, 0.29) is 5.54 Å². The van der Waals surface area contributed by atoms with Gasteiger partial charge < -0.3 is 15.6 Å². The number of hydrogen-bond acceptors (Lipinski definition) is 3. The SMILES string of the molecule is NC1(c2cc3c(cc2O)COC3)CCCC1. The Morgan fingerprint density at radius 3 is 2.44 bits per heavy atom. The summed E-state index contributed by atoms with van der Waals surface area (Å²) in [5.41, 5.74) is 9.25. The highest BCUT2D eigenvalue weighted by Crippen LogP contribution is 2.42. The van der Waals surface area contributed by atoms with Crippen molar-refractivity contribution in [3.05, 3.63) is 28.8 Å². The van der Waals surface area contributed by atoms with Gasteiger partial charge in [0.15, 0.2) is 0 Å². The molecular formula is C13H17NO2. The molecule has 86 valence electrons. The van der Waals surface area contributed by atoms with Gasteiger partial charge in [0.2, 0.25) is 0 Å². The van der Waals surface area contributed by atoms with Crippen LogP contribution in [0.4, 0.5) is 0 Å². The maximum atomic E-state index is 10.1. The van der Waals surface area contributed by atoms with Crippen LogP contribution >= 0.6 is 0 Å². The molecule has 1 aromatic carbocycles. The Labute approximate surface area is 95.2 Å². The van der Waals surface area contributed by atoms with E-state index in [1.165, 1.54) is 5.56 Å². The van der Waals surface area contributed by atoms with Gasteiger partial charge in [0.1, 0.15) is 5.75 Å². The molecule has 0 aromatic heterocycles. The number of phenols is 1. The first-order valence-electron chi connectivity index (χ1n) is 5.91. The summed E-state index contributed by atoms with van der Waals surface area (Å²) >= 11 is 0. The van der Waals surface area contributed by atoms with Crippen LogP contribution in [0.1, 0.15) is 42.4 Å². The van der Waals surface area contributed by atoms with Crippen molar-refractivity contribution in [3.63, 3.8) is 0 Å². The summed E-state index contributed by atoms with van der Waals surface area (Å²) < 4.78 is 5.37. The van der Waals surface area contributed by atoms with Crippen molar-refractivity contribution in [1.29, 1.82) is 0 Å². The van der Waals surface area contributed by atoms with Crippen molar-refractivity contribution in [2.24, 2.45) is 5.73 Å². The molecule has 3 heteroatoms. The Bertz CT molecular complexity index is 422. The van der Waals surface area contributed by atoms with Crippen LogP contribution in [0.15, 0.2) is 12.1 Å². The van der Waals surface area contributed by atoms with Gasteiger partial charge in [-0.2, -0.15) is 0 Å². The number of benzene rings is 1. The maximum absolute atomic E-state index is 10.1. The second-order valence-electron chi connectivity index (χ2n) is 4.99. The van der Waals surface area contributed by atoms with Gasteiger partial charge in [-0.05, 0) is 36.1 Å². The fourth-order valence-corrected chi connectivity index (χ4v) is 2.89. The highest BCUT2D eigenvalue weighted by atomic mass is 16.5. The van der Waals surface area contributed by atoms with Crippen LogP contribution in [0, 0.1) is 0 Å². The van der Waals surface area contributed by atoms with Crippen LogP contribution in [0.2, 0.25) is 0 Å². The smallest absolute Gasteiger partial charge is 0.121 e. The molecule has 1 saturated carbocycles. The molecule has 3 nitrogen and oxygen atoms in total. The topological polar surface area (TPSA) is 55.5 Å². The van der Waals surface area contributed by atoms with Crippen LogP contribution in [0.5, 0.6) is 5.75 Å². The molecule has 1 aliphatic carbocycles. The van der Waals surface area contributed by atoms with Gasteiger partial charge in [0.25, 0.3) is 0 Å². The molecule has 3 N–H and O–H groups in total. The molecule has 1 aliphatic heterocycles. The lowest BCUT2D eigenvalue weighted by molar-refractivity contribution is 0.134. The highest BCUT2D eigenvalue weighted by Gasteiger charge is 2.34. The Balaban J connectivity index is 2.07. The molecule has 0 amide bonds. The molecule has 0 bridgehead atoms. The van der Waals surface area contributed by atoms with E-state index in [4.69, 9.17) is 10.5 Å². The number of ether oxygens (including phenoxy) is 1. The highest BCUT2D eigenvalue weighted by molar-refractivity contribution is 5.46. The van der Waals surface area contributed by atoms with E-state index in [0.29, 0.717) is 19.0 Å². The molecule has 0 radical (unpaired) electrons. The van der Waals surface area contributed by atoms with Crippen LogP contribution in [-0.2, 0) is 23.5 Å². The normalized spacial score (nSPS) is 22.3. The minimum atomic E-state index is -0.318. The molecule has 3 rings (SSSR count). The number of hydrogen-bond donors (Lipinski definition) is 2. The Morgan fingerprint density at radius 1 is 1.12 bits per heavy atom. The summed E-state index contributed by atoms with van der Waals surface area (Å²) in [6, 6.07) is 3.87. The summed E-state index contributed by atoms with van der Waals surface area (Å²) in [6.45, 7) is 1.26. The first-order chi connectivity index (χ1) is 7.69. The first kappa shape index (κ1) is 10.1. The van der Waals surface area contributed by atoms with Crippen LogP contribution in [0.25, 0.3) is 0 Å². The predicted octanol–water partition coefficient (Wildman–Crippen LogP) is 2.15. The fourth-order valence-electron chi connectivity index (χ4n) is 2.89. The minimum Gasteiger partial charge on any atom is -0.508 e. The Kier molecular flexibility index (Phi) is 2.19. The molecular weight excluding hydrogens is 202 g/mol. The number of fused-ring (bicyclic) bond motifs is 1. The zero-order valence-electron chi connectivity index (χ0n) is 9.33. The van der Waals surface area contributed by atoms with Gasteiger partial charge in [-0.3, -0.25) is 0 Å². The summed E-state index contributed by atoms with van der Waals surface area (Å²) in [4.78, 5) is 0. The van der Waals surface area contributed by atoms with E-state index in [9.17, 15) is 5.11 Å². The van der Waals surface area contributed by atoms with Crippen molar-refractivity contribution in [3.8, 4) is 5.75 Å². The average Bonchev–Trinajstić information content (AvgIpc) is 2.85. The van der Waals surface area contributed by atoms with Crippen molar-refractivity contribution in [1.82, 2.24) is 0 Å². The van der Waals surface area contributed by atoms with Gasteiger partial charge >= 0.3 is 0 Å². The van der Waals surface area contributed by atoms with Crippen molar-refractivity contribution in [2.45, 2.75) is 44.4 Å². The fraction of sp³-hybridized carbons (Fsp3) is 0.538. The second kappa shape index (κ2) is 3.47. The third kappa shape index (κ3) is 1.43. The van der Waals surface area contributed by atoms with E-state index >= 15 is 0 Å². The number of rotatable bonds is 1. The summed E-state index contributed by atoms with van der Waals surface area (Å²) in [7, 11) is 0. The average molecular weight is 219 g/mol. The Hall–Kier alpha value is -1.06. The van der Waals surface area contributed by atoms with Gasteiger partial charge in [-0.1, -0.05) is 12.8 Å². The molecule has 0 spiro atoms. The monoisotopic (exact) mass is 219 g/mol. The van der Waals surface area contributed by atoms with Crippen molar-refractivity contribution in [2.75, 3.05) is 0 Å². The van der Waals surface area contributed by atoms with Crippen molar-refractivity contribution < 1.29 is 9.84 Å². The number of phenolic OH excluding ortho intramolecular Hbond substituents is 1. The lowest BCUT2D eigenvalue weighted by Crippen LogP contribution is -2.33. The third-order valence-corrected chi connectivity index (χ3v) is 3.87. The van der Waals surface area contributed by atoms with Crippen molar-refractivity contribution >= 4 is 0 Å². The lowest BCUT2D eigenvalue weighted by Gasteiger charge is -2.25. The van der Waals surface area contributed by atoms with Crippen LogP contribution in [-0.4, -0.2) is 5.11 Å². The Morgan fingerprint density at radius 2 is 1.75 bits per heavy atom. The van der Waals surface area contributed by atoms with E-state index < -0.39 is 0 Å². The predicted molar refractivity (Wildman–Crippen MR) is 60.9 cm³/mol. The van der Waals surface area contributed by atoms with Gasteiger partial charge in [-0.15, -0.1) is 0 Å². The standard InChI is InChI=1S/C13H17NO2/c14-13(3-1-2-4-13)11-5-9-7-16-8-10(9)6-12(11)15/h5-6,15H,1-4,7-8,14H2. The van der Waals surface area contributed by atoms with Crippen LogP contribution < -0.4 is 5.73 Å². The summed E-state index contributed by atoms with van der Waals surface area (Å²) in [5.74, 6) is 0.341. The lowest BCUT2D eigenvalue weighted by atomic mass is 9.87. The van der Waals surface area contributed by atoms with Crippen LogP contribution in [0.3, 0.4) is 0 Å². The molecule has 0 atom stereocenters. The molecule has 0 saturated heterocycles. The zero-order chi connectivity index (χ0) is 11.2. The van der Waals surface area contributed by atoms with Gasteiger partial charge in [0, 0.05) is 11.1 Å². The van der Waals surface area contributed by atoms with E-state index in [2.05, 4.69) is 0 Å². The van der Waals surface area contributed by atoms with Gasteiger partial charge in [-0.25, -0.2) is 0 Å².